The Hall–Kier alpha value is -1.62. The van der Waals surface area contributed by atoms with Gasteiger partial charge in [-0.25, -0.2) is 4.79 Å². The first-order chi connectivity index (χ1) is 8.45. The fourth-order valence-corrected chi connectivity index (χ4v) is 1.90. The fourth-order valence-electron chi connectivity index (χ4n) is 1.26. The van der Waals surface area contributed by atoms with E-state index < -0.39 is 11.0 Å². The monoisotopic (exact) mass is 367 g/mol. The van der Waals surface area contributed by atoms with Crippen LogP contribution in [0.4, 0.5) is 21.9 Å². The van der Waals surface area contributed by atoms with Crippen LogP contribution < -0.4 is 10.6 Å². The van der Waals surface area contributed by atoms with Gasteiger partial charge in [0.05, 0.1) is 17.2 Å². The summed E-state index contributed by atoms with van der Waals surface area (Å²) in [6, 6.07) is 2.58. The number of rotatable bonds is 5. The Labute approximate surface area is 115 Å². The first kappa shape index (κ1) is 14.4. The highest BCUT2D eigenvalue weighted by molar-refractivity contribution is 14.1. The van der Waals surface area contributed by atoms with E-state index >= 15 is 0 Å². The fraction of sp³-hybridized carbons (Fsp3) is 0.222. The van der Waals surface area contributed by atoms with Crippen molar-refractivity contribution < 1.29 is 19.9 Å². The summed E-state index contributed by atoms with van der Waals surface area (Å²) < 4.78 is 0.559. The van der Waals surface area contributed by atoms with Gasteiger partial charge in [-0.3, -0.25) is 15.4 Å². The molecule has 0 spiro atoms. The summed E-state index contributed by atoms with van der Waals surface area (Å²) in [5.74, 6) is 0. The number of hydrogen-bond acceptors (Lipinski definition) is 5. The highest BCUT2D eigenvalue weighted by atomic mass is 127. The number of anilines is 2. The second-order valence-corrected chi connectivity index (χ2v) is 4.35. The number of carboxylic acid groups (broad SMARTS) is 1. The molecule has 1 aromatic carbocycles. The molecule has 0 aliphatic carbocycles. The van der Waals surface area contributed by atoms with Crippen molar-refractivity contribution in [2.75, 3.05) is 23.8 Å². The van der Waals surface area contributed by atoms with Crippen LogP contribution in [0.25, 0.3) is 0 Å². The Kier molecular flexibility index (Phi) is 5.09. The average molecular weight is 367 g/mol. The number of amides is 1. The summed E-state index contributed by atoms with van der Waals surface area (Å²) in [5, 5.41) is 32.9. The average Bonchev–Trinajstić information content (AvgIpc) is 2.28. The van der Waals surface area contributed by atoms with E-state index in [4.69, 9.17) is 10.2 Å². The molecule has 0 aromatic heterocycles. The Morgan fingerprint density at radius 1 is 1.44 bits per heavy atom. The number of aliphatic hydroxyl groups excluding tert-OH is 1. The largest absolute Gasteiger partial charge is 0.465 e. The van der Waals surface area contributed by atoms with Crippen LogP contribution in [0.1, 0.15) is 0 Å². The van der Waals surface area contributed by atoms with Crippen LogP contribution in [0.15, 0.2) is 12.1 Å². The number of benzene rings is 1. The third-order valence-electron chi connectivity index (χ3n) is 1.95. The van der Waals surface area contributed by atoms with Crippen LogP contribution in [0.5, 0.6) is 0 Å². The third kappa shape index (κ3) is 3.70. The smallest absolute Gasteiger partial charge is 0.409 e. The van der Waals surface area contributed by atoms with E-state index in [2.05, 4.69) is 5.32 Å². The maximum atomic E-state index is 10.8. The molecule has 0 saturated carbocycles. The molecule has 0 fully saturated rings. The molecule has 0 aliphatic rings. The van der Waals surface area contributed by atoms with Crippen LogP contribution in [0.3, 0.4) is 0 Å². The van der Waals surface area contributed by atoms with Crippen molar-refractivity contribution in [3.8, 4) is 0 Å². The molecule has 0 radical (unpaired) electrons. The zero-order valence-electron chi connectivity index (χ0n) is 9.01. The Bertz CT molecular complexity index is 480. The lowest BCUT2D eigenvalue weighted by Crippen LogP contribution is -2.12. The van der Waals surface area contributed by atoms with Gasteiger partial charge in [0.25, 0.3) is 5.69 Å². The van der Waals surface area contributed by atoms with Gasteiger partial charge in [0.2, 0.25) is 0 Å². The van der Waals surface area contributed by atoms with Gasteiger partial charge in [-0.15, -0.1) is 0 Å². The lowest BCUT2D eigenvalue weighted by molar-refractivity contribution is -0.384. The zero-order chi connectivity index (χ0) is 13.7. The second-order valence-electron chi connectivity index (χ2n) is 3.19. The Morgan fingerprint density at radius 3 is 2.61 bits per heavy atom. The molecule has 1 rings (SSSR count). The summed E-state index contributed by atoms with van der Waals surface area (Å²) >= 11 is 1.89. The Balaban J connectivity index is 3.17. The number of nitrogens with zero attached hydrogens (tertiary/aromatic N) is 1. The van der Waals surface area contributed by atoms with Crippen LogP contribution in [0.2, 0.25) is 0 Å². The van der Waals surface area contributed by atoms with Gasteiger partial charge in [-0.1, -0.05) is 0 Å². The topological polar surface area (TPSA) is 125 Å². The molecule has 0 unspecified atom stereocenters. The number of nitro benzene ring substituents is 1. The first-order valence-corrected chi connectivity index (χ1v) is 5.86. The number of nitro groups is 1. The summed E-state index contributed by atoms with van der Waals surface area (Å²) in [5.41, 5.74) is 0.0729. The second kappa shape index (κ2) is 6.35. The number of hydrogen-bond donors (Lipinski definition) is 4. The van der Waals surface area contributed by atoms with Crippen LogP contribution in [0, 0.1) is 13.7 Å². The van der Waals surface area contributed by atoms with Crippen molar-refractivity contribution >= 4 is 45.7 Å². The maximum absolute atomic E-state index is 10.8. The van der Waals surface area contributed by atoms with Crippen molar-refractivity contribution in [1.29, 1.82) is 0 Å². The van der Waals surface area contributed by atoms with E-state index in [1.165, 1.54) is 12.1 Å². The lowest BCUT2D eigenvalue weighted by Gasteiger charge is -2.10. The molecule has 8 nitrogen and oxygen atoms in total. The third-order valence-corrected chi connectivity index (χ3v) is 2.84. The lowest BCUT2D eigenvalue weighted by atomic mass is 10.2. The van der Waals surface area contributed by atoms with E-state index in [0.717, 1.165) is 0 Å². The minimum Gasteiger partial charge on any atom is -0.465 e. The van der Waals surface area contributed by atoms with Crippen molar-refractivity contribution in [2.24, 2.45) is 0 Å². The van der Waals surface area contributed by atoms with E-state index in [0.29, 0.717) is 9.26 Å². The van der Waals surface area contributed by atoms with Crippen LogP contribution in [-0.4, -0.2) is 34.4 Å². The summed E-state index contributed by atoms with van der Waals surface area (Å²) in [6.45, 7) is 0.162. The predicted molar refractivity (Wildman–Crippen MR) is 73.0 cm³/mol. The highest BCUT2D eigenvalue weighted by Gasteiger charge is 2.18. The standard InChI is InChI=1S/C9H10IN3O5/c10-5-3-8(13(17)18)7(12-9(15)16)4-6(5)11-1-2-14/h3-4,11-12,14H,1-2H2,(H,15,16). The molecule has 0 heterocycles. The number of halogens is 1. The Morgan fingerprint density at radius 2 is 2.11 bits per heavy atom. The predicted octanol–water partition coefficient (Wildman–Crippen LogP) is 1.69. The van der Waals surface area contributed by atoms with Crippen molar-refractivity contribution in [1.82, 2.24) is 0 Å². The number of nitrogens with one attached hydrogen (secondary N) is 2. The molecule has 18 heavy (non-hydrogen) atoms. The van der Waals surface area contributed by atoms with Crippen molar-refractivity contribution in [3.05, 3.63) is 25.8 Å². The van der Waals surface area contributed by atoms with Gasteiger partial charge < -0.3 is 15.5 Å². The molecule has 0 bridgehead atoms. The maximum Gasteiger partial charge on any atom is 0.409 e. The van der Waals surface area contributed by atoms with E-state index in [-0.39, 0.29) is 24.5 Å². The summed E-state index contributed by atoms with van der Waals surface area (Å²) in [7, 11) is 0. The molecule has 9 heteroatoms. The molecule has 0 atom stereocenters. The van der Waals surface area contributed by atoms with Crippen molar-refractivity contribution in [2.45, 2.75) is 0 Å². The zero-order valence-corrected chi connectivity index (χ0v) is 11.2. The molecule has 0 saturated heterocycles. The quantitative estimate of drug-likeness (QED) is 0.357. The molecule has 98 valence electrons. The number of aliphatic hydroxyl groups is 1. The normalized spacial score (nSPS) is 9.89. The van der Waals surface area contributed by atoms with Gasteiger partial charge >= 0.3 is 6.09 Å². The molecular weight excluding hydrogens is 357 g/mol. The summed E-state index contributed by atoms with van der Waals surface area (Å²) in [6.07, 6.45) is -1.38. The van der Waals surface area contributed by atoms with E-state index in [1.807, 2.05) is 27.9 Å². The molecule has 1 aromatic rings. The van der Waals surface area contributed by atoms with Gasteiger partial charge in [0, 0.05) is 16.2 Å². The molecule has 0 aliphatic heterocycles. The molecular formula is C9H10IN3O5. The van der Waals surface area contributed by atoms with Gasteiger partial charge in [-0.05, 0) is 28.7 Å². The van der Waals surface area contributed by atoms with E-state index in [9.17, 15) is 14.9 Å². The van der Waals surface area contributed by atoms with Gasteiger partial charge in [0.1, 0.15) is 5.69 Å². The van der Waals surface area contributed by atoms with Gasteiger partial charge in [0.15, 0.2) is 0 Å². The summed E-state index contributed by atoms with van der Waals surface area (Å²) in [4.78, 5) is 20.7. The SMILES string of the molecule is O=C(O)Nc1cc(NCCO)c(I)cc1[N+](=O)[O-]. The highest BCUT2D eigenvalue weighted by Crippen LogP contribution is 2.32. The van der Waals surface area contributed by atoms with Crippen molar-refractivity contribution in [3.63, 3.8) is 0 Å². The minimum absolute atomic E-state index is 0.102. The first-order valence-electron chi connectivity index (χ1n) is 4.78. The van der Waals surface area contributed by atoms with Crippen LogP contribution in [-0.2, 0) is 0 Å². The minimum atomic E-state index is -1.38. The molecule has 4 N–H and O–H groups in total. The van der Waals surface area contributed by atoms with Gasteiger partial charge in [-0.2, -0.15) is 0 Å². The van der Waals surface area contributed by atoms with Crippen LogP contribution >= 0.6 is 22.6 Å². The van der Waals surface area contributed by atoms with E-state index in [1.54, 1.807) is 0 Å². The number of carbonyl (C=O) groups is 1. The molecule has 1 amide bonds.